The average molecular weight is 356 g/mol. The van der Waals surface area contributed by atoms with Crippen LogP contribution in [0.2, 0.25) is 5.02 Å². The summed E-state index contributed by atoms with van der Waals surface area (Å²) in [4.78, 5) is 0.146. The van der Waals surface area contributed by atoms with Crippen LogP contribution in [0.3, 0.4) is 0 Å². The number of hydrogen-bond acceptors (Lipinski definition) is 2. The molecule has 2 rings (SSSR count). The first-order valence-electron chi connectivity index (χ1n) is 6.24. The van der Waals surface area contributed by atoms with Gasteiger partial charge in [0.2, 0.25) is 0 Å². The van der Waals surface area contributed by atoms with E-state index in [1.165, 1.54) is 5.56 Å². The Morgan fingerprint density at radius 1 is 1.05 bits per heavy atom. The van der Waals surface area contributed by atoms with Crippen LogP contribution in [-0.4, -0.2) is 14.2 Å². The van der Waals surface area contributed by atoms with Gasteiger partial charge in [0.15, 0.2) is 0 Å². The maximum atomic E-state index is 6.29. The smallest absolute Gasteiger partial charge is 0.120 e. The van der Waals surface area contributed by atoms with Crippen LogP contribution in [0.15, 0.2) is 42.5 Å². The molecule has 0 bridgehead atoms. The minimum Gasteiger partial charge on any atom is -0.497 e. The molecule has 0 aromatic heterocycles. The maximum Gasteiger partial charge on any atom is 0.120 e. The first-order valence-corrected chi connectivity index (χ1v) is 7.54. The molecule has 0 fully saturated rings. The fourth-order valence-electron chi connectivity index (χ4n) is 2.01. The fraction of sp³-hybridized carbons (Fsp3) is 0.250. The van der Waals surface area contributed by atoms with E-state index in [1.807, 2.05) is 36.4 Å². The summed E-state index contributed by atoms with van der Waals surface area (Å²) in [5.41, 5.74) is 2.24. The molecule has 0 saturated carbocycles. The Bertz CT molecular complexity index is 586. The molecule has 0 aliphatic rings. The summed E-state index contributed by atoms with van der Waals surface area (Å²) < 4.78 is 10.4. The Balaban J connectivity index is 2.16. The van der Waals surface area contributed by atoms with Crippen molar-refractivity contribution in [3.63, 3.8) is 0 Å². The lowest BCUT2D eigenvalue weighted by Crippen LogP contribution is -1.97. The number of benzene rings is 2. The van der Waals surface area contributed by atoms with Crippen LogP contribution >= 0.6 is 27.5 Å². The molecule has 0 radical (unpaired) electrons. The van der Waals surface area contributed by atoms with Gasteiger partial charge in [-0.25, -0.2) is 0 Å². The van der Waals surface area contributed by atoms with Crippen LogP contribution < -0.4 is 9.47 Å². The molecule has 2 aromatic rings. The van der Waals surface area contributed by atoms with E-state index in [-0.39, 0.29) is 4.83 Å². The highest BCUT2D eigenvalue weighted by atomic mass is 79.9. The zero-order valence-electron chi connectivity index (χ0n) is 11.4. The lowest BCUT2D eigenvalue weighted by Gasteiger charge is -2.13. The van der Waals surface area contributed by atoms with E-state index in [0.717, 1.165) is 23.5 Å². The molecule has 0 heterocycles. The summed E-state index contributed by atoms with van der Waals surface area (Å²) >= 11 is 9.99. The van der Waals surface area contributed by atoms with Gasteiger partial charge in [-0.05, 0) is 41.8 Å². The van der Waals surface area contributed by atoms with Crippen molar-refractivity contribution in [3.05, 3.63) is 58.6 Å². The number of hydrogen-bond donors (Lipinski definition) is 0. The SMILES string of the molecule is COc1cccc(CC(Br)c2ccc(OC)cc2Cl)c1. The summed E-state index contributed by atoms with van der Waals surface area (Å²) in [6, 6.07) is 13.8. The van der Waals surface area contributed by atoms with Gasteiger partial charge in [0, 0.05) is 9.85 Å². The van der Waals surface area contributed by atoms with Crippen molar-refractivity contribution >= 4 is 27.5 Å². The molecule has 1 atom stereocenters. The molecule has 1 unspecified atom stereocenters. The molecule has 0 N–H and O–H groups in total. The molecule has 2 aromatic carbocycles. The molecular weight excluding hydrogens is 340 g/mol. The predicted molar refractivity (Wildman–Crippen MR) is 86.4 cm³/mol. The van der Waals surface area contributed by atoms with E-state index >= 15 is 0 Å². The van der Waals surface area contributed by atoms with E-state index in [9.17, 15) is 0 Å². The Kier molecular flexibility index (Phi) is 5.32. The number of rotatable bonds is 5. The van der Waals surface area contributed by atoms with Crippen molar-refractivity contribution in [2.75, 3.05) is 14.2 Å². The van der Waals surface area contributed by atoms with Crippen LogP contribution in [0.1, 0.15) is 16.0 Å². The Hall–Kier alpha value is -1.19. The Labute approximate surface area is 132 Å². The second kappa shape index (κ2) is 7.00. The topological polar surface area (TPSA) is 18.5 Å². The number of methoxy groups -OCH3 is 2. The molecule has 2 nitrogen and oxygen atoms in total. The molecule has 0 spiro atoms. The highest BCUT2D eigenvalue weighted by molar-refractivity contribution is 9.09. The summed E-state index contributed by atoms with van der Waals surface area (Å²) in [6.45, 7) is 0. The monoisotopic (exact) mass is 354 g/mol. The van der Waals surface area contributed by atoms with E-state index < -0.39 is 0 Å². The largest absolute Gasteiger partial charge is 0.497 e. The van der Waals surface area contributed by atoms with Crippen molar-refractivity contribution in [2.45, 2.75) is 11.2 Å². The predicted octanol–water partition coefficient (Wildman–Crippen LogP) is 5.04. The van der Waals surface area contributed by atoms with E-state index in [1.54, 1.807) is 14.2 Å². The van der Waals surface area contributed by atoms with E-state index in [4.69, 9.17) is 21.1 Å². The molecule has 20 heavy (non-hydrogen) atoms. The minimum atomic E-state index is 0.146. The van der Waals surface area contributed by atoms with Crippen molar-refractivity contribution in [1.29, 1.82) is 0 Å². The number of ether oxygens (including phenoxy) is 2. The maximum absolute atomic E-state index is 6.29. The standard InChI is InChI=1S/C16H16BrClO2/c1-19-12-5-3-4-11(8-12)9-15(17)14-7-6-13(20-2)10-16(14)18/h3-8,10,15H,9H2,1-2H3. The van der Waals surface area contributed by atoms with Crippen LogP contribution in [0.5, 0.6) is 11.5 Å². The van der Waals surface area contributed by atoms with Gasteiger partial charge in [-0.15, -0.1) is 0 Å². The first-order chi connectivity index (χ1) is 9.63. The van der Waals surface area contributed by atoms with E-state index in [0.29, 0.717) is 5.02 Å². The van der Waals surface area contributed by atoms with Crippen LogP contribution in [0, 0.1) is 0 Å². The van der Waals surface area contributed by atoms with Gasteiger partial charge in [0.1, 0.15) is 11.5 Å². The Morgan fingerprint density at radius 2 is 1.75 bits per heavy atom. The number of alkyl halides is 1. The third kappa shape index (κ3) is 3.68. The third-order valence-electron chi connectivity index (χ3n) is 3.09. The second-order valence-corrected chi connectivity index (χ2v) is 5.92. The average Bonchev–Trinajstić information content (AvgIpc) is 2.47. The lowest BCUT2D eigenvalue weighted by atomic mass is 10.0. The molecule has 4 heteroatoms. The Morgan fingerprint density at radius 3 is 2.40 bits per heavy atom. The van der Waals surface area contributed by atoms with Crippen LogP contribution in [0.25, 0.3) is 0 Å². The quantitative estimate of drug-likeness (QED) is 0.700. The molecule has 0 aliphatic carbocycles. The summed E-state index contributed by atoms with van der Waals surface area (Å²) in [5.74, 6) is 1.63. The first kappa shape index (κ1) is 15.2. The van der Waals surface area contributed by atoms with Crippen molar-refractivity contribution in [1.82, 2.24) is 0 Å². The normalized spacial score (nSPS) is 12.0. The van der Waals surface area contributed by atoms with Gasteiger partial charge in [-0.3, -0.25) is 0 Å². The van der Waals surface area contributed by atoms with Gasteiger partial charge < -0.3 is 9.47 Å². The summed E-state index contributed by atoms with van der Waals surface area (Å²) in [7, 11) is 3.30. The summed E-state index contributed by atoms with van der Waals surface area (Å²) in [5, 5.41) is 0.703. The molecule has 0 aliphatic heterocycles. The fourth-order valence-corrected chi connectivity index (χ4v) is 3.21. The number of halogens is 2. The van der Waals surface area contributed by atoms with Gasteiger partial charge in [-0.2, -0.15) is 0 Å². The van der Waals surface area contributed by atoms with Gasteiger partial charge in [0.05, 0.1) is 14.2 Å². The van der Waals surface area contributed by atoms with Gasteiger partial charge in [-0.1, -0.05) is 45.7 Å². The van der Waals surface area contributed by atoms with Gasteiger partial charge >= 0.3 is 0 Å². The van der Waals surface area contributed by atoms with Crippen molar-refractivity contribution in [2.24, 2.45) is 0 Å². The van der Waals surface area contributed by atoms with Crippen LogP contribution in [0.4, 0.5) is 0 Å². The molecule has 0 saturated heterocycles. The van der Waals surface area contributed by atoms with Gasteiger partial charge in [0.25, 0.3) is 0 Å². The highest BCUT2D eigenvalue weighted by Gasteiger charge is 2.13. The highest BCUT2D eigenvalue weighted by Crippen LogP contribution is 2.34. The second-order valence-electron chi connectivity index (χ2n) is 4.41. The molecule has 106 valence electrons. The van der Waals surface area contributed by atoms with E-state index in [2.05, 4.69) is 22.0 Å². The van der Waals surface area contributed by atoms with Crippen molar-refractivity contribution < 1.29 is 9.47 Å². The third-order valence-corrected chi connectivity index (χ3v) is 4.24. The zero-order chi connectivity index (χ0) is 14.5. The lowest BCUT2D eigenvalue weighted by molar-refractivity contribution is 0.414. The van der Waals surface area contributed by atoms with Crippen LogP contribution in [-0.2, 0) is 6.42 Å². The molecular formula is C16H16BrClO2. The molecule has 0 amide bonds. The van der Waals surface area contributed by atoms with Crippen molar-refractivity contribution in [3.8, 4) is 11.5 Å². The zero-order valence-corrected chi connectivity index (χ0v) is 13.7. The minimum absolute atomic E-state index is 0.146. The summed E-state index contributed by atoms with van der Waals surface area (Å²) in [6.07, 6.45) is 0.837.